The number of hydrogen-bond donors (Lipinski definition) is 3. The van der Waals surface area contributed by atoms with Crippen molar-refractivity contribution in [2.24, 2.45) is 17.8 Å². The second-order valence-corrected chi connectivity index (χ2v) is 13.7. The number of fused-ring (bicyclic) bond motifs is 1. The van der Waals surface area contributed by atoms with E-state index in [0.717, 1.165) is 5.56 Å². The lowest BCUT2D eigenvalue weighted by molar-refractivity contribution is -0.142. The first-order valence-corrected chi connectivity index (χ1v) is 15.0. The second kappa shape index (κ2) is 10.8. The molecule has 3 aliphatic heterocycles. The summed E-state index contributed by atoms with van der Waals surface area (Å²) in [5.74, 6) is -2.15. The molecule has 0 saturated carbocycles. The number of anilines is 1. The molecule has 2 aromatic rings. The second-order valence-electron chi connectivity index (χ2n) is 10.6. The highest BCUT2D eigenvalue weighted by Gasteiger charge is 2.76. The third-order valence-corrected chi connectivity index (χ3v) is 11.6. The van der Waals surface area contributed by atoms with Crippen LogP contribution in [0.25, 0.3) is 0 Å². The number of likely N-dealkylation sites (tertiary alicyclic amines) is 1. The molecule has 0 aliphatic carbocycles. The van der Waals surface area contributed by atoms with Gasteiger partial charge in [0.1, 0.15) is 6.04 Å². The van der Waals surface area contributed by atoms with Gasteiger partial charge < -0.3 is 20.6 Å². The van der Waals surface area contributed by atoms with E-state index in [-0.39, 0.29) is 40.3 Å². The van der Waals surface area contributed by atoms with Crippen LogP contribution in [0.1, 0.15) is 25.8 Å². The number of rotatable bonds is 8. The Balaban J connectivity index is 1.51. The number of aliphatic hydroxyl groups excluding tert-OH is 1. The Labute approximate surface area is 240 Å². The molecule has 7 atom stereocenters. The van der Waals surface area contributed by atoms with Gasteiger partial charge in [-0.2, -0.15) is 0 Å². The van der Waals surface area contributed by atoms with Gasteiger partial charge in [0.25, 0.3) is 0 Å². The van der Waals surface area contributed by atoms with E-state index in [1.807, 2.05) is 44.2 Å². The number of halogens is 2. The number of aliphatic hydroxyl groups is 1. The zero-order chi connectivity index (χ0) is 27.2. The maximum Gasteiger partial charge on any atom is 0.248 e. The van der Waals surface area contributed by atoms with E-state index < -0.39 is 28.7 Å². The van der Waals surface area contributed by atoms with E-state index in [0.29, 0.717) is 23.7 Å². The number of benzene rings is 2. The molecule has 3 amide bonds. The van der Waals surface area contributed by atoms with Crippen molar-refractivity contribution in [2.45, 2.75) is 53.7 Å². The standard InChI is InChI=1S/C28H31BrClN3O4S/c1-15(2)20(14-34)33-24(26(36)32-19-11-7-6-10-18(19)30)28-12-17(29)23(38-28)21(22(28)27(33)37)25(35)31-13-16-8-4-3-5-9-16/h3-11,15,17,20-24,34H,12-14H2,1-2H3,(H,31,35)(H,32,36)/t17?,20-,21-,22-,23-,24?,28?/m0/s1. The van der Waals surface area contributed by atoms with E-state index in [9.17, 15) is 19.5 Å². The first-order chi connectivity index (χ1) is 18.2. The van der Waals surface area contributed by atoms with Gasteiger partial charge in [0, 0.05) is 16.6 Å². The fraction of sp³-hybridized carbons (Fsp3) is 0.464. The molecule has 38 heavy (non-hydrogen) atoms. The van der Waals surface area contributed by atoms with Crippen molar-refractivity contribution in [3.63, 3.8) is 0 Å². The Morgan fingerprint density at radius 3 is 2.50 bits per heavy atom. The SMILES string of the molecule is CC(C)[C@H](CO)N1C(=O)[C@@H]2[C@H](C(=O)NCc3ccccc3)[C@H]3SC2(CC3Br)C1C(=O)Nc1ccccc1Cl. The van der Waals surface area contributed by atoms with Crippen molar-refractivity contribution in [1.82, 2.24) is 10.2 Å². The summed E-state index contributed by atoms with van der Waals surface area (Å²) in [5, 5.41) is 16.6. The highest BCUT2D eigenvalue weighted by molar-refractivity contribution is 9.09. The zero-order valence-electron chi connectivity index (χ0n) is 21.1. The summed E-state index contributed by atoms with van der Waals surface area (Å²) in [6.45, 7) is 3.93. The number of alkyl halides is 1. The molecular formula is C28H31BrClN3O4S. The molecule has 3 fully saturated rings. The number of para-hydroxylation sites is 1. The maximum absolute atomic E-state index is 14.2. The van der Waals surface area contributed by atoms with Gasteiger partial charge in [-0.1, -0.05) is 83.8 Å². The normalized spacial score (nSPS) is 30.4. The molecule has 3 saturated heterocycles. The third-order valence-electron chi connectivity index (χ3n) is 8.03. The van der Waals surface area contributed by atoms with Crippen LogP contribution in [-0.2, 0) is 20.9 Å². The van der Waals surface area contributed by atoms with Gasteiger partial charge in [-0.15, -0.1) is 11.8 Å². The Morgan fingerprint density at radius 2 is 1.84 bits per heavy atom. The zero-order valence-corrected chi connectivity index (χ0v) is 24.3. The summed E-state index contributed by atoms with van der Waals surface area (Å²) in [7, 11) is 0. The predicted molar refractivity (Wildman–Crippen MR) is 153 cm³/mol. The highest BCUT2D eigenvalue weighted by atomic mass is 79.9. The lowest BCUT2D eigenvalue weighted by atomic mass is 9.70. The van der Waals surface area contributed by atoms with Crippen LogP contribution in [0.2, 0.25) is 5.02 Å². The quantitative estimate of drug-likeness (QED) is 0.387. The molecule has 2 aromatic carbocycles. The minimum Gasteiger partial charge on any atom is -0.394 e. The fourth-order valence-electron chi connectivity index (χ4n) is 6.31. The molecule has 0 aromatic heterocycles. The molecule has 1 spiro atoms. The Kier molecular flexibility index (Phi) is 7.84. The van der Waals surface area contributed by atoms with Crippen LogP contribution in [0.15, 0.2) is 54.6 Å². The summed E-state index contributed by atoms with van der Waals surface area (Å²) < 4.78 is -0.807. The first kappa shape index (κ1) is 27.5. The van der Waals surface area contributed by atoms with Gasteiger partial charge in [0.15, 0.2) is 0 Å². The molecule has 3 aliphatic rings. The van der Waals surface area contributed by atoms with Gasteiger partial charge >= 0.3 is 0 Å². The molecule has 202 valence electrons. The number of nitrogens with zero attached hydrogens (tertiary/aromatic N) is 1. The minimum atomic E-state index is -0.863. The number of thioether (sulfide) groups is 1. The molecule has 3 unspecified atom stereocenters. The summed E-state index contributed by atoms with van der Waals surface area (Å²) in [6.07, 6.45) is 0.564. The van der Waals surface area contributed by atoms with Gasteiger partial charge in [-0.05, 0) is 30.0 Å². The smallest absolute Gasteiger partial charge is 0.248 e. The molecule has 3 N–H and O–H groups in total. The first-order valence-electron chi connectivity index (χ1n) is 12.8. The number of hydrogen-bond acceptors (Lipinski definition) is 5. The molecular weight excluding hydrogens is 590 g/mol. The van der Waals surface area contributed by atoms with Gasteiger partial charge in [0.2, 0.25) is 17.7 Å². The summed E-state index contributed by atoms with van der Waals surface area (Å²) in [4.78, 5) is 43.4. The van der Waals surface area contributed by atoms with Crippen LogP contribution in [0.3, 0.4) is 0 Å². The number of nitrogens with one attached hydrogen (secondary N) is 2. The van der Waals surface area contributed by atoms with Crippen LogP contribution in [0.5, 0.6) is 0 Å². The number of carbonyl (C=O) groups is 3. The molecule has 3 heterocycles. The van der Waals surface area contributed by atoms with Crippen LogP contribution in [0, 0.1) is 17.8 Å². The van der Waals surface area contributed by atoms with Crippen LogP contribution < -0.4 is 10.6 Å². The van der Waals surface area contributed by atoms with Crippen molar-refractivity contribution in [1.29, 1.82) is 0 Å². The van der Waals surface area contributed by atoms with Crippen molar-refractivity contribution < 1.29 is 19.5 Å². The topological polar surface area (TPSA) is 98.7 Å². The summed E-state index contributed by atoms with van der Waals surface area (Å²) in [6, 6.07) is 15.2. The molecule has 10 heteroatoms. The van der Waals surface area contributed by atoms with Crippen molar-refractivity contribution in [3.05, 3.63) is 65.2 Å². The average molecular weight is 621 g/mol. The Morgan fingerprint density at radius 1 is 1.16 bits per heavy atom. The Bertz CT molecular complexity index is 1230. The summed E-state index contributed by atoms with van der Waals surface area (Å²) >= 11 is 11.7. The fourth-order valence-corrected chi connectivity index (χ4v) is 10.1. The van der Waals surface area contributed by atoms with Crippen LogP contribution in [-0.4, -0.2) is 61.2 Å². The molecule has 7 nitrogen and oxygen atoms in total. The van der Waals surface area contributed by atoms with Crippen molar-refractivity contribution in [2.75, 3.05) is 11.9 Å². The van der Waals surface area contributed by atoms with Crippen LogP contribution in [0.4, 0.5) is 5.69 Å². The molecule has 0 radical (unpaired) electrons. The Hall–Kier alpha value is -2.07. The van der Waals surface area contributed by atoms with E-state index in [2.05, 4.69) is 26.6 Å². The third kappa shape index (κ3) is 4.55. The minimum absolute atomic E-state index is 0.0359. The highest BCUT2D eigenvalue weighted by Crippen LogP contribution is 2.68. The lowest BCUT2D eigenvalue weighted by Crippen LogP contribution is -2.56. The average Bonchev–Trinajstić information content (AvgIpc) is 3.48. The largest absolute Gasteiger partial charge is 0.394 e. The van der Waals surface area contributed by atoms with Gasteiger partial charge in [-0.3, -0.25) is 14.4 Å². The van der Waals surface area contributed by atoms with E-state index in [1.54, 1.807) is 40.9 Å². The number of amides is 3. The van der Waals surface area contributed by atoms with E-state index in [4.69, 9.17) is 11.6 Å². The van der Waals surface area contributed by atoms with Gasteiger partial charge in [0.05, 0.1) is 39.9 Å². The molecule has 5 rings (SSSR count). The maximum atomic E-state index is 14.2. The predicted octanol–water partition coefficient (Wildman–Crippen LogP) is 4.08. The van der Waals surface area contributed by atoms with Crippen LogP contribution >= 0.6 is 39.3 Å². The van der Waals surface area contributed by atoms with E-state index in [1.165, 1.54) is 0 Å². The monoisotopic (exact) mass is 619 g/mol. The van der Waals surface area contributed by atoms with Crippen molar-refractivity contribution >= 4 is 62.7 Å². The number of carbonyl (C=O) groups excluding carboxylic acids is 3. The van der Waals surface area contributed by atoms with Crippen molar-refractivity contribution in [3.8, 4) is 0 Å². The van der Waals surface area contributed by atoms with Gasteiger partial charge in [-0.25, -0.2) is 0 Å². The van der Waals surface area contributed by atoms with E-state index >= 15 is 0 Å². The molecule has 2 bridgehead atoms. The lowest BCUT2D eigenvalue weighted by Gasteiger charge is -2.38. The summed E-state index contributed by atoms with van der Waals surface area (Å²) in [5.41, 5.74) is 1.43.